The quantitative estimate of drug-likeness (QED) is 0.663. The topological polar surface area (TPSA) is 87.3 Å². The van der Waals surface area contributed by atoms with Crippen molar-refractivity contribution in [3.05, 3.63) is 59.4 Å². The van der Waals surface area contributed by atoms with Crippen LogP contribution >= 0.6 is 11.8 Å². The van der Waals surface area contributed by atoms with Gasteiger partial charge in [-0.05, 0) is 55.8 Å². The van der Waals surface area contributed by atoms with Crippen LogP contribution in [0.15, 0.2) is 42.5 Å². The normalized spacial score (nSPS) is 11.4. The molecule has 0 fully saturated rings. The molecule has 0 heterocycles. The largest absolute Gasteiger partial charge is 0.355 e. The van der Waals surface area contributed by atoms with Crippen molar-refractivity contribution in [1.82, 2.24) is 5.32 Å². The Hall–Kier alpha value is -2.87. The average Bonchev–Trinajstić information content (AvgIpc) is 2.68. The Morgan fingerprint density at radius 1 is 1.07 bits per heavy atom. The summed E-state index contributed by atoms with van der Waals surface area (Å²) in [5.41, 5.74) is 2.20. The number of amides is 3. The minimum atomic E-state index is -0.484. The Labute approximate surface area is 167 Å². The second kappa shape index (κ2) is 9.89. The molecule has 6 nitrogen and oxygen atoms in total. The Kier molecular flexibility index (Phi) is 7.57. The van der Waals surface area contributed by atoms with E-state index in [0.717, 1.165) is 0 Å². The molecule has 0 aliphatic rings. The van der Waals surface area contributed by atoms with Gasteiger partial charge in [0.05, 0.1) is 11.0 Å². The highest BCUT2D eigenvalue weighted by atomic mass is 32.2. The highest BCUT2D eigenvalue weighted by Crippen LogP contribution is 2.21. The molecule has 2 aromatic rings. The second-order valence-electron chi connectivity index (χ2n) is 6.05. The lowest BCUT2D eigenvalue weighted by atomic mass is 10.1. The predicted octanol–water partition coefficient (Wildman–Crippen LogP) is 3.19. The van der Waals surface area contributed by atoms with Crippen LogP contribution < -0.4 is 16.0 Å². The molecular weight excluding hydrogens is 381 g/mol. The molecule has 0 aromatic heterocycles. The highest BCUT2D eigenvalue weighted by Gasteiger charge is 2.18. The maximum absolute atomic E-state index is 12.9. The van der Waals surface area contributed by atoms with Gasteiger partial charge in [0.2, 0.25) is 11.8 Å². The minimum Gasteiger partial charge on any atom is -0.355 e. The number of hydrogen-bond acceptors (Lipinski definition) is 4. The van der Waals surface area contributed by atoms with Gasteiger partial charge >= 0.3 is 0 Å². The Bertz CT molecular complexity index is 871. The summed E-state index contributed by atoms with van der Waals surface area (Å²) in [6, 6.07) is 10.6. The molecule has 0 radical (unpaired) electrons. The number of benzene rings is 2. The molecule has 0 aliphatic heterocycles. The predicted molar refractivity (Wildman–Crippen MR) is 110 cm³/mol. The van der Waals surface area contributed by atoms with E-state index >= 15 is 0 Å². The van der Waals surface area contributed by atoms with Gasteiger partial charge in [-0.2, -0.15) is 0 Å². The molecule has 148 valence electrons. The fourth-order valence-electron chi connectivity index (χ4n) is 2.39. The third kappa shape index (κ3) is 5.82. The fourth-order valence-corrected chi connectivity index (χ4v) is 3.08. The molecule has 28 heavy (non-hydrogen) atoms. The molecule has 2 rings (SSSR count). The van der Waals surface area contributed by atoms with Gasteiger partial charge < -0.3 is 16.0 Å². The van der Waals surface area contributed by atoms with E-state index in [-0.39, 0.29) is 29.3 Å². The van der Waals surface area contributed by atoms with Crippen molar-refractivity contribution in [1.29, 1.82) is 0 Å². The summed E-state index contributed by atoms with van der Waals surface area (Å²) in [6.45, 7) is 3.46. The molecule has 2 aromatic carbocycles. The van der Waals surface area contributed by atoms with Gasteiger partial charge in [0.1, 0.15) is 5.82 Å². The van der Waals surface area contributed by atoms with Crippen molar-refractivity contribution in [3.63, 3.8) is 0 Å². The van der Waals surface area contributed by atoms with E-state index in [1.54, 1.807) is 39.1 Å². The minimum absolute atomic E-state index is 0.0726. The first-order valence-electron chi connectivity index (χ1n) is 8.61. The van der Waals surface area contributed by atoms with E-state index in [0.29, 0.717) is 22.5 Å². The lowest BCUT2D eigenvalue weighted by Gasteiger charge is -2.15. The molecule has 3 amide bonds. The molecule has 1 atom stereocenters. The number of anilines is 2. The van der Waals surface area contributed by atoms with E-state index in [1.807, 2.05) is 0 Å². The average molecular weight is 403 g/mol. The van der Waals surface area contributed by atoms with Gasteiger partial charge in [-0.25, -0.2) is 4.39 Å². The Morgan fingerprint density at radius 2 is 1.75 bits per heavy atom. The summed E-state index contributed by atoms with van der Waals surface area (Å²) >= 11 is 1.18. The molecule has 0 spiro atoms. The standard InChI is InChI=1S/C20H22FN3O3S/c1-12-16(20(27)22-3)5-4-6-17(12)24-19(26)13(2)28-11-18(25)23-15-9-7-14(21)8-10-15/h4-10,13H,11H2,1-3H3,(H,22,27)(H,23,25)(H,24,26). The van der Waals surface area contributed by atoms with Crippen LogP contribution in [0.3, 0.4) is 0 Å². The van der Waals surface area contributed by atoms with Gasteiger partial charge in [-0.1, -0.05) is 6.07 Å². The lowest BCUT2D eigenvalue weighted by Crippen LogP contribution is -2.26. The van der Waals surface area contributed by atoms with E-state index in [9.17, 15) is 18.8 Å². The molecule has 0 bridgehead atoms. The molecule has 0 saturated carbocycles. The van der Waals surface area contributed by atoms with Gasteiger partial charge in [0, 0.05) is 24.0 Å². The number of rotatable bonds is 7. The van der Waals surface area contributed by atoms with Crippen LogP contribution in [0.25, 0.3) is 0 Å². The zero-order valence-electron chi connectivity index (χ0n) is 15.8. The van der Waals surface area contributed by atoms with Gasteiger partial charge in [-0.15, -0.1) is 11.8 Å². The van der Waals surface area contributed by atoms with Crippen LogP contribution in [-0.2, 0) is 9.59 Å². The summed E-state index contributed by atoms with van der Waals surface area (Å²) < 4.78 is 12.9. The van der Waals surface area contributed by atoms with Gasteiger partial charge in [0.25, 0.3) is 5.91 Å². The molecule has 3 N–H and O–H groups in total. The fraction of sp³-hybridized carbons (Fsp3) is 0.250. The number of nitrogens with one attached hydrogen (secondary N) is 3. The number of carbonyl (C=O) groups excluding carboxylic acids is 3. The van der Waals surface area contributed by atoms with Crippen LogP contribution in [0.2, 0.25) is 0 Å². The summed E-state index contributed by atoms with van der Waals surface area (Å²) in [6.07, 6.45) is 0. The molecule has 1 unspecified atom stereocenters. The maximum atomic E-state index is 12.9. The third-order valence-electron chi connectivity index (χ3n) is 4.02. The van der Waals surface area contributed by atoms with E-state index in [1.165, 1.54) is 36.0 Å². The number of halogens is 1. The summed E-state index contributed by atoms with van der Waals surface area (Å²) in [7, 11) is 1.54. The Morgan fingerprint density at radius 3 is 2.39 bits per heavy atom. The van der Waals surface area contributed by atoms with Crippen LogP contribution in [0, 0.1) is 12.7 Å². The van der Waals surface area contributed by atoms with Gasteiger partial charge in [0.15, 0.2) is 0 Å². The molecule has 8 heteroatoms. The second-order valence-corrected chi connectivity index (χ2v) is 7.38. The van der Waals surface area contributed by atoms with Crippen molar-refractivity contribution in [2.75, 3.05) is 23.4 Å². The molecule has 0 aliphatic carbocycles. The van der Waals surface area contributed by atoms with Crippen LogP contribution in [-0.4, -0.2) is 35.8 Å². The zero-order chi connectivity index (χ0) is 20.7. The lowest BCUT2D eigenvalue weighted by molar-refractivity contribution is -0.115. The maximum Gasteiger partial charge on any atom is 0.251 e. The van der Waals surface area contributed by atoms with E-state index < -0.39 is 5.25 Å². The van der Waals surface area contributed by atoms with Crippen LogP contribution in [0.4, 0.5) is 15.8 Å². The van der Waals surface area contributed by atoms with Gasteiger partial charge in [-0.3, -0.25) is 14.4 Å². The van der Waals surface area contributed by atoms with Crippen molar-refractivity contribution < 1.29 is 18.8 Å². The zero-order valence-corrected chi connectivity index (χ0v) is 16.7. The summed E-state index contributed by atoms with van der Waals surface area (Å²) in [5.74, 6) is -1.09. The van der Waals surface area contributed by atoms with Crippen LogP contribution in [0.5, 0.6) is 0 Å². The van der Waals surface area contributed by atoms with Crippen molar-refractivity contribution in [2.24, 2.45) is 0 Å². The molecular formula is C20H22FN3O3S. The number of carbonyl (C=O) groups is 3. The summed E-state index contributed by atoms with van der Waals surface area (Å²) in [5, 5.41) is 7.52. The van der Waals surface area contributed by atoms with E-state index in [4.69, 9.17) is 0 Å². The van der Waals surface area contributed by atoms with Crippen molar-refractivity contribution in [2.45, 2.75) is 19.1 Å². The smallest absolute Gasteiger partial charge is 0.251 e. The molecule has 0 saturated heterocycles. The van der Waals surface area contributed by atoms with Crippen LogP contribution in [0.1, 0.15) is 22.8 Å². The van der Waals surface area contributed by atoms with Crippen molar-refractivity contribution >= 4 is 40.9 Å². The SMILES string of the molecule is CNC(=O)c1cccc(NC(=O)C(C)SCC(=O)Nc2ccc(F)cc2)c1C. The number of thioether (sulfide) groups is 1. The monoisotopic (exact) mass is 403 g/mol. The first-order chi connectivity index (χ1) is 13.3. The first-order valence-corrected chi connectivity index (χ1v) is 9.66. The summed E-state index contributed by atoms with van der Waals surface area (Å²) in [4.78, 5) is 36.3. The number of hydrogen-bond donors (Lipinski definition) is 3. The van der Waals surface area contributed by atoms with Crippen molar-refractivity contribution in [3.8, 4) is 0 Å². The Balaban J connectivity index is 1.90. The highest BCUT2D eigenvalue weighted by molar-refractivity contribution is 8.01. The first kappa shape index (κ1) is 21.4. The third-order valence-corrected chi connectivity index (χ3v) is 5.17. The van der Waals surface area contributed by atoms with E-state index in [2.05, 4.69) is 16.0 Å².